The minimum Gasteiger partial charge on any atom is -0.351 e. The first-order chi connectivity index (χ1) is 14.1. The second-order valence-electron chi connectivity index (χ2n) is 6.20. The van der Waals surface area contributed by atoms with Crippen molar-refractivity contribution in [3.8, 4) is 5.69 Å². The second kappa shape index (κ2) is 8.59. The fourth-order valence-electron chi connectivity index (χ4n) is 2.78. The van der Waals surface area contributed by atoms with Crippen LogP contribution in [0.2, 0.25) is 0 Å². The number of thioether (sulfide) groups is 1. The van der Waals surface area contributed by atoms with Crippen LogP contribution in [0.3, 0.4) is 0 Å². The molecule has 0 radical (unpaired) electrons. The molecule has 0 aliphatic rings. The van der Waals surface area contributed by atoms with Gasteiger partial charge in [-0.25, -0.2) is 9.37 Å². The number of thiophene rings is 1. The Morgan fingerprint density at radius 2 is 1.86 bits per heavy atom. The molecule has 0 atom stereocenters. The van der Waals surface area contributed by atoms with Gasteiger partial charge in [0, 0.05) is 6.54 Å². The van der Waals surface area contributed by atoms with Gasteiger partial charge in [-0.3, -0.25) is 14.2 Å². The SMILES string of the molecule is O=C(CSc1nc2ccsc2c(=O)n1-c1ccc(F)cc1)NCc1ccccc1. The summed E-state index contributed by atoms with van der Waals surface area (Å²) in [6.07, 6.45) is 0. The minimum atomic E-state index is -0.388. The van der Waals surface area contributed by atoms with Crippen molar-refractivity contribution in [2.45, 2.75) is 11.7 Å². The molecule has 2 aromatic carbocycles. The third-order valence-corrected chi connectivity index (χ3v) is 6.03. The normalized spacial score (nSPS) is 10.9. The van der Waals surface area contributed by atoms with Gasteiger partial charge in [0.2, 0.25) is 5.91 Å². The van der Waals surface area contributed by atoms with E-state index in [9.17, 15) is 14.0 Å². The molecule has 0 aliphatic carbocycles. The van der Waals surface area contributed by atoms with E-state index in [1.807, 2.05) is 30.3 Å². The molecular formula is C21H16FN3O2S2. The summed E-state index contributed by atoms with van der Waals surface area (Å²) in [5.74, 6) is -0.443. The van der Waals surface area contributed by atoms with E-state index < -0.39 is 0 Å². The number of aromatic nitrogens is 2. The Labute approximate surface area is 174 Å². The molecule has 1 N–H and O–H groups in total. The van der Waals surface area contributed by atoms with Gasteiger partial charge in [-0.05, 0) is 41.3 Å². The highest BCUT2D eigenvalue weighted by atomic mass is 32.2. The maximum atomic E-state index is 13.3. The van der Waals surface area contributed by atoms with Gasteiger partial charge in [-0.1, -0.05) is 42.1 Å². The number of halogens is 1. The Bertz CT molecular complexity index is 1200. The molecule has 2 heterocycles. The third-order valence-electron chi connectivity index (χ3n) is 4.20. The maximum absolute atomic E-state index is 13.3. The first kappa shape index (κ1) is 19.4. The summed E-state index contributed by atoms with van der Waals surface area (Å²) in [6, 6.07) is 17.0. The van der Waals surface area contributed by atoms with Crippen molar-refractivity contribution in [3.63, 3.8) is 0 Å². The van der Waals surface area contributed by atoms with Crippen molar-refractivity contribution in [3.05, 3.63) is 87.8 Å². The molecule has 4 aromatic rings. The van der Waals surface area contributed by atoms with Crippen molar-refractivity contribution < 1.29 is 9.18 Å². The summed E-state index contributed by atoms with van der Waals surface area (Å²) in [6.45, 7) is 0.433. The predicted octanol–water partition coefficient (Wildman–Crippen LogP) is 3.99. The molecule has 0 spiro atoms. The molecule has 146 valence electrons. The molecule has 0 unspecified atom stereocenters. The monoisotopic (exact) mass is 425 g/mol. The van der Waals surface area contributed by atoms with E-state index in [2.05, 4.69) is 10.3 Å². The lowest BCUT2D eigenvalue weighted by molar-refractivity contribution is -0.118. The van der Waals surface area contributed by atoms with Crippen LogP contribution in [0.25, 0.3) is 15.9 Å². The van der Waals surface area contributed by atoms with Crippen molar-refractivity contribution >= 4 is 39.2 Å². The molecule has 1 amide bonds. The van der Waals surface area contributed by atoms with Crippen LogP contribution in [-0.2, 0) is 11.3 Å². The van der Waals surface area contributed by atoms with Crippen molar-refractivity contribution in [1.82, 2.24) is 14.9 Å². The number of nitrogens with zero attached hydrogens (tertiary/aromatic N) is 2. The summed E-state index contributed by atoms with van der Waals surface area (Å²) in [7, 11) is 0. The van der Waals surface area contributed by atoms with Crippen LogP contribution in [0.5, 0.6) is 0 Å². The third kappa shape index (κ3) is 4.38. The van der Waals surface area contributed by atoms with Crippen LogP contribution in [0.15, 0.2) is 76.0 Å². The topological polar surface area (TPSA) is 64.0 Å². The fourth-order valence-corrected chi connectivity index (χ4v) is 4.39. The van der Waals surface area contributed by atoms with Gasteiger partial charge in [0.25, 0.3) is 5.56 Å². The second-order valence-corrected chi connectivity index (χ2v) is 8.06. The van der Waals surface area contributed by atoms with Gasteiger partial charge in [-0.15, -0.1) is 11.3 Å². The van der Waals surface area contributed by atoms with E-state index >= 15 is 0 Å². The first-order valence-corrected chi connectivity index (χ1v) is 10.7. The Kier molecular flexibility index (Phi) is 5.73. The summed E-state index contributed by atoms with van der Waals surface area (Å²) >= 11 is 2.48. The predicted molar refractivity (Wildman–Crippen MR) is 114 cm³/mol. The number of hydrogen-bond donors (Lipinski definition) is 1. The van der Waals surface area contributed by atoms with E-state index in [-0.39, 0.29) is 23.0 Å². The van der Waals surface area contributed by atoms with Crippen LogP contribution in [-0.4, -0.2) is 21.2 Å². The van der Waals surface area contributed by atoms with Gasteiger partial charge in [0.1, 0.15) is 10.5 Å². The van der Waals surface area contributed by atoms with Crippen molar-refractivity contribution in [2.24, 2.45) is 0 Å². The highest BCUT2D eigenvalue weighted by Crippen LogP contribution is 2.23. The van der Waals surface area contributed by atoms with E-state index in [1.165, 1.54) is 51.9 Å². The zero-order valence-electron chi connectivity index (χ0n) is 15.2. The summed E-state index contributed by atoms with van der Waals surface area (Å²) in [5.41, 5.74) is 1.87. The zero-order valence-corrected chi connectivity index (χ0v) is 16.8. The Morgan fingerprint density at radius 1 is 1.10 bits per heavy atom. The van der Waals surface area contributed by atoms with Crippen molar-refractivity contribution in [2.75, 3.05) is 5.75 Å². The molecule has 0 bridgehead atoms. The molecule has 5 nitrogen and oxygen atoms in total. The average molecular weight is 426 g/mol. The van der Waals surface area contributed by atoms with Gasteiger partial charge < -0.3 is 5.32 Å². The molecule has 8 heteroatoms. The van der Waals surface area contributed by atoms with E-state index in [1.54, 1.807) is 11.4 Å². The number of hydrogen-bond acceptors (Lipinski definition) is 5. The Hall–Kier alpha value is -2.97. The van der Waals surface area contributed by atoms with Gasteiger partial charge >= 0.3 is 0 Å². The van der Waals surface area contributed by atoms with Crippen LogP contribution in [0.1, 0.15) is 5.56 Å². The molecular weight excluding hydrogens is 409 g/mol. The summed E-state index contributed by atoms with van der Waals surface area (Å²) < 4.78 is 15.3. The lowest BCUT2D eigenvalue weighted by Crippen LogP contribution is -2.26. The molecule has 0 fully saturated rings. The number of nitrogens with one attached hydrogen (secondary N) is 1. The number of fused-ring (bicyclic) bond motifs is 1. The standard InChI is InChI=1S/C21H16FN3O2S2/c22-15-6-8-16(9-7-15)25-20(27)19-17(10-11-28-19)24-21(25)29-13-18(26)23-12-14-4-2-1-3-5-14/h1-11H,12-13H2,(H,23,26). The number of carbonyl (C=O) groups is 1. The van der Waals surface area contributed by atoms with Gasteiger partial charge in [0.15, 0.2) is 5.16 Å². The molecule has 0 saturated carbocycles. The molecule has 4 rings (SSSR count). The number of carbonyl (C=O) groups excluding carboxylic acids is 1. The number of amides is 1. The molecule has 2 aromatic heterocycles. The maximum Gasteiger partial charge on any atom is 0.276 e. The minimum absolute atomic E-state index is 0.107. The lowest BCUT2D eigenvalue weighted by Gasteiger charge is -2.12. The largest absolute Gasteiger partial charge is 0.351 e. The Balaban J connectivity index is 1.57. The average Bonchev–Trinajstić information content (AvgIpc) is 3.21. The number of rotatable bonds is 6. The smallest absolute Gasteiger partial charge is 0.276 e. The van der Waals surface area contributed by atoms with Crippen LogP contribution < -0.4 is 10.9 Å². The van der Waals surface area contributed by atoms with Gasteiger partial charge in [0.05, 0.1) is 17.0 Å². The highest BCUT2D eigenvalue weighted by molar-refractivity contribution is 7.99. The Morgan fingerprint density at radius 3 is 2.62 bits per heavy atom. The fraction of sp³-hybridized carbons (Fsp3) is 0.0952. The number of benzene rings is 2. The lowest BCUT2D eigenvalue weighted by atomic mass is 10.2. The first-order valence-electron chi connectivity index (χ1n) is 8.81. The van der Waals surface area contributed by atoms with E-state index in [0.29, 0.717) is 27.6 Å². The van der Waals surface area contributed by atoms with Crippen LogP contribution >= 0.6 is 23.1 Å². The summed E-state index contributed by atoms with van der Waals surface area (Å²) in [5, 5.41) is 5.05. The molecule has 0 saturated heterocycles. The summed E-state index contributed by atoms with van der Waals surface area (Å²) in [4.78, 5) is 29.8. The van der Waals surface area contributed by atoms with Crippen LogP contribution in [0.4, 0.5) is 4.39 Å². The van der Waals surface area contributed by atoms with Crippen molar-refractivity contribution in [1.29, 1.82) is 0 Å². The van der Waals surface area contributed by atoms with Gasteiger partial charge in [-0.2, -0.15) is 0 Å². The molecule has 0 aliphatic heterocycles. The highest BCUT2D eigenvalue weighted by Gasteiger charge is 2.15. The van der Waals surface area contributed by atoms with E-state index in [0.717, 1.165) is 5.56 Å². The quantitative estimate of drug-likeness (QED) is 0.375. The zero-order chi connectivity index (χ0) is 20.2. The van der Waals surface area contributed by atoms with Crippen LogP contribution in [0, 0.1) is 5.82 Å². The van der Waals surface area contributed by atoms with E-state index in [4.69, 9.17) is 0 Å². The molecule has 29 heavy (non-hydrogen) atoms.